The third-order valence-corrected chi connectivity index (χ3v) is 4.89. The molecule has 0 bridgehead atoms. The number of carbonyl (C=O) groups excluding carboxylic acids is 2. The van der Waals surface area contributed by atoms with E-state index in [1.807, 2.05) is 12.1 Å². The Hall–Kier alpha value is -3.48. The lowest BCUT2D eigenvalue weighted by molar-refractivity contribution is -0.126. The van der Waals surface area contributed by atoms with Gasteiger partial charge in [-0.3, -0.25) is 14.7 Å². The molecule has 3 amide bonds. The topological polar surface area (TPSA) is 65.5 Å². The Morgan fingerprint density at radius 2 is 2.14 bits per heavy atom. The molecule has 3 heterocycles. The summed E-state index contributed by atoms with van der Waals surface area (Å²) in [5.74, 6) is -0.595. The summed E-state index contributed by atoms with van der Waals surface area (Å²) in [6.45, 7) is 4.67. The van der Waals surface area contributed by atoms with Crippen LogP contribution in [0.3, 0.4) is 0 Å². The fourth-order valence-electron chi connectivity index (χ4n) is 3.65. The van der Waals surface area contributed by atoms with Crippen molar-refractivity contribution in [3.05, 3.63) is 89.7 Å². The summed E-state index contributed by atoms with van der Waals surface area (Å²) < 4.78 is 13.8. The molecule has 7 heteroatoms. The van der Waals surface area contributed by atoms with Crippen LogP contribution in [-0.4, -0.2) is 39.8 Å². The number of nitrogens with one attached hydrogen (secondary N) is 1. The second kappa shape index (κ2) is 7.26. The van der Waals surface area contributed by atoms with E-state index in [0.29, 0.717) is 29.9 Å². The molecule has 2 aromatic rings. The molecular formula is C21H19FN4O2. The van der Waals surface area contributed by atoms with E-state index >= 15 is 0 Å². The molecule has 1 aromatic carbocycles. The van der Waals surface area contributed by atoms with Gasteiger partial charge in [0.2, 0.25) is 0 Å². The summed E-state index contributed by atoms with van der Waals surface area (Å²) >= 11 is 0. The minimum atomic E-state index is -0.689. The standard InChI is InChI=1S/C21H19FN4O2/c1-2-9-26-17-13-25(12-14-5-4-8-23-11-14)20(27)18(17)19(24-21(26)28)15-6-3-7-16(22)10-15/h2-8,10-11,19H,1,9,12-13H2,(H,24,28). The predicted molar refractivity (Wildman–Crippen MR) is 101 cm³/mol. The molecule has 1 unspecified atom stereocenters. The summed E-state index contributed by atoms with van der Waals surface area (Å²) in [7, 11) is 0. The number of urea groups is 1. The quantitative estimate of drug-likeness (QED) is 0.814. The second-order valence-corrected chi connectivity index (χ2v) is 6.72. The van der Waals surface area contributed by atoms with Crippen LogP contribution in [0.2, 0.25) is 0 Å². The molecule has 1 atom stereocenters. The first-order valence-electron chi connectivity index (χ1n) is 8.94. The maximum absolute atomic E-state index is 13.8. The van der Waals surface area contributed by atoms with Gasteiger partial charge in [0.1, 0.15) is 5.82 Å². The van der Waals surface area contributed by atoms with Crippen molar-refractivity contribution >= 4 is 11.9 Å². The van der Waals surface area contributed by atoms with E-state index in [9.17, 15) is 14.0 Å². The monoisotopic (exact) mass is 378 g/mol. The molecule has 2 aliphatic rings. The zero-order chi connectivity index (χ0) is 19.7. The van der Waals surface area contributed by atoms with Gasteiger partial charge in [-0.25, -0.2) is 9.18 Å². The lowest BCUT2D eigenvalue weighted by Gasteiger charge is -2.33. The molecule has 0 radical (unpaired) electrons. The van der Waals surface area contributed by atoms with Gasteiger partial charge in [-0.05, 0) is 29.3 Å². The second-order valence-electron chi connectivity index (χ2n) is 6.72. The number of carbonyl (C=O) groups is 2. The van der Waals surface area contributed by atoms with Crippen LogP contribution in [-0.2, 0) is 11.3 Å². The zero-order valence-corrected chi connectivity index (χ0v) is 15.1. The van der Waals surface area contributed by atoms with E-state index in [2.05, 4.69) is 16.9 Å². The average molecular weight is 378 g/mol. The highest BCUT2D eigenvalue weighted by Gasteiger charge is 2.43. The molecule has 6 nitrogen and oxygen atoms in total. The van der Waals surface area contributed by atoms with E-state index in [1.165, 1.54) is 17.0 Å². The molecular weight excluding hydrogens is 359 g/mol. The molecule has 0 fully saturated rings. The van der Waals surface area contributed by atoms with Crippen molar-refractivity contribution in [1.29, 1.82) is 0 Å². The Labute approximate surface area is 162 Å². The van der Waals surface area contributed by atoms with E-state index in [0.717, 1.165) is 5.56 Å². The van der Waals surface area contributed by atoms with E-state index < -0.39 is 11.9 Å². The zero-order valence-electron chi connectivity index (χ0n) is 15.1. The van der Waals surface area contributed by atoms with Crippen molar-refractivity contribution in [1.82, 2.24) is 20.1 Å². The first kappa shape index (κ1) is 17.9. The highest BCUT2D eigenvalue weighted by Crippen LogP contribution is 2.36. The summed E-state index contributed by atoms with van der Waals surface area (Å²) in [6, 6.07) is 8.64. The van der Waals surface area contributed by atoms with Gasteiger partial charge in [-0.2, -0.15) is 0 Å². The van der Waals surface area contributed by atoms with Crippen LogP contribution in [0.1, 0.15) is 17.2 Å². The van der Waals surface area contributed by atoms with E-state index in [1.54, 1.807) is 35.5 Å². The fourth-order valence-corrected chi connectivity index (χ4v) is 3.65. The number of aromatic nitrogens is 1. The number of benzene rings is 1. The van der Waals surface area contributed by atoms with Crippen LogP contribution < -0.4 is 5.32 Å². The van der Waals surface area contributed by atoms with E-state index in [-0.39, 0.29) is 18.5 Å². The average Bonchev–Trinajstić information content (AvgIpc) is 3.01. The fraction of sp³-hybridized carbons (Fsp3) is 0.190. The molecule has 0 spiro atoms. The van der Waals surface area contributed by atoms with Crippen LogP contribution in [0.5, 0.6) is 0 Å². The lowest BCUT2D eigenvalue weighted by Crippen LogP contribution is -2.47. The number of rotatable bonds is 5. The molecule has 142 valence electrons. The SMILES string of the molecule is C=CCN1C(=O)NC(c2cccc(F)c2)C2=C1CN(Cc1cccnc1)C2=O. The van der Waals surface area contributed by atoms with Gasteiger partial charge in [0.05, 0.1) is 23.9 Å². The summed E-state index contributed by atoms with van der Waals surface area (Å²) in [6.07, 6.45) is 4.99. The van der Waals surface area contributed by atoms with Crippen molar-refractivity contribution in [3.8, 4) is 0 Å². The molecule has 2 aliphatic heterocycles. The number of amides is 3. The Morgan fingerprint density at radius 1 is 1.29 bits per heavy atom. The predicted octanol–water partition coefficient (Wildman–Crippen LogP) is 2.77. The smallest absolute Gasteiger partial charge is 0.322 e. The first-order valence-corrected chi connectivity index (χ1v) is 8.94. The van der Waals surface area contributed by atoms with Crippen molar-refractivity contribution < 1.29 is 14.0 Å². The number of halogens is 1. The number of hydrogen-bond acceptors (Lipinski definition) is 3. The highest BCUT2D eigenvalue weighted by atomic mass is 19.1. The van der Waals surface area contributed by atoms with Crippen molar-refractivity contribution in [2.75, 3.05) is 13.1 Å². The molecule has 0 saturated carbocycles. The van der Waals surface area contributed by atoms with E-state index in [4.69, 9.17) is 0 Å². The van der Waals surface area contributed by atoms with Gasteiger partial charge in [0.15, 0.2) is 0 Å². The Bertz CT molecular complexity index is 973. The van der Waals surface area contributed by atoms with Crippen LogP contribution in [0.4, 0.5) is 9.18 Å². The van der Waals surface area contributed by atoms with Crippen molar-refractivity contribution in [2.24, 2.45) is 0 Å². The molecule has 4 rings (SSSR count). The van der Waals surface area contributed by atoms with Crippen molar-refractivity contribution in [3.63, 3.8) is 0 Å². The van der Waals surface area contributed by atoms with Gasteiger partial charge < -0.3 is 10.2 Å². The maximum Gasteiger partial charge on any atom is 0.322 e. The van der Waals surface area contributed by atoms with Gasteiger partial charge in [-0.1, -0.05) is 24.3 Å². The molecule has 0 aliphatic carbocycles. The minimum Gasteiger partial charge on any atom is -0.329 e. The van der Waals surface area contributed by atoms with Crippen LogP contribution in [0.25, 0.3) is 0 Å². The molecule has 1 N–H and O–H groups in total. The largest absolute Gasteiger partial charge is 0.329 e. The number of pyridine rings is 1. The normalized spacial score (nSPS) is 19.0. The maximum atomic E-state index is 13.8. The third-order valence-electron chi connectivity index (χ3n) is 4.89. The van der Waals surface area contributed by atoms with Gasteiger partial charge in [-0.15, -0.1) is 6.58 Å². The third kappa shape index (κ3) is 3.15. The Morgan fingerprint density at radius 3 is 2.86 bits per heavy atom. The summed E-state index contributed by atoms with van der Waals surface area (Å²) in [5.41, 5.74) is 2.53. The van der Waals surface area contributed by atoms with Crippen molar-refractivity contribution in [2.45, 2.75) is 12.6 Å². The molecule has 28 heavy (non-hydrogen) atoms. The number of hydrogen-bond donors (Lipinski definition) is 1. The van der Waals surface area contributed by atoms with Gasteiger partial charge in [0.25, 0.3) is 5.91 Å². The Balaban J connectivity index is 1.72. The molecule has 1 aromatic heterocycles. The lowest BCUT2D eigenvalue weighted by atomic mass is 9.95. The van der Waals surface area contributed by atoms with Gasteiger partial charge in [0, 0.05) is 25.5 Å². The Kier molecular flexibility index (Phi) is 4.65. The minimum absolute atomic E-state index is 0.179. The highest BCUT2D eigenvalue weighted by molar-refractivity contribution is 6.01. The summed E-state index contributed by atoms with van der Waals surface area (Å²) in [4.78, 5) is 33.2. The first-order chi connectivity index (χ1) is 13.6. The molecule has 0 saturated heterocycles. The van der Waals surface area contributed by atoms with Crippen LogP contribution >= 0.6 is 0 Å². The van der Waals surface area contributed by atoms with Crippen LogP contribution in [0, 0.1) is 5.82 Å². The van der Waals surface area contributed by atoms with Crippen LogP contribution in [0.15, 0.2) is 72.7 Å². The summed E-state index contributed by atoms with van der Waals surface area (Å²) in [5, 5.41) is 2.84. The van der Waals surface area contributed by atoms with Gasteiger partial charge >= 0.3 is 6.03 Å². The number of nitrogens with zero attached hydrogens (tertiary/aromatic N) is 3.